The molecule has 0 N–H and O–H groups in total. The molecule has 200 valence electrons. The number of benzene rings is 2. The molecule has 2 aromatic rings. The molecule has 6 nitrogen and oxygen atoms in total. The third-order valence-electron chi connectivity index (χ3n) is 8.76. The second kappa shape index (κ2) is 9.93. The van der Waals surface area contributed by atoms with Crippen molar-refractivity contribution in [1.29, 1.82) is 0 Å². The number of hydrogen-bond acceptors (Lipinski definition) is 5. The van der Waals surface area contributed by atoms with E-state index in [1.807, 2.05) is 11.0 Å². The van der Waals surface area contributed by atoms with E-state index in [1.165, 1.54) is 26.4 Å². The molecule has 1 amide bonds. The summed E-state index contributed by atoms with van der Waals surface area (Å²) in [6.45, 7) is 4.54. The molecule has 0 aliphatic heterocycles. The molecular formula is C29H36FNO5S. The summed E-state index contributed by atoms with van der Waals surface area (Å²) in [5, 5.41) is 0. The molecule has 8 heteroatoms. The maximum absolute atomic E-state index is 14.2. The topological polar surface area (TPSA) is 72.9 Å². The summed E-state index contributed by atoms with van der Waals surface area (Å²) in [5.41, 5.74) is 0.513. The molecule has 0 unspecified atom stereocenters. The number of ether oxygens (including phenoxy) is 1. The quantitative estimate of drug-likeness (QED) is 0.376. The molecule has 4 aliphatic rings. The van der Waals surface area contributed by atoms with Crippen molar-refractivity contribution in [2.24, 2.45) is 23.2 Å². The predicted molar refractivity (Wildman–Crippen MR) is 138 cm³/mol. The first-order valence-electron chi connectivity index (χ1n) is 13.3. The molecule has 4 saturated carbocycles. The summed E-state index contributed by atoms with van der Waals surface area (Å²) in [4.78, 5) is 16.0. The largest absolute Gasteiger partial charge is 0.493 e. The summed E-state index contributed by atoms with van der Waals surface area (Å²) in [6, 6.07) is 9.66. The minimum Gasteiger partial charge on any atom is -0.493 e. The van der Waals surface area contributed by atoms with Gasteiger partial charge in [0.25, 0.3) is 0 Å². The first-order valence-corrected chi connectivity index (χ1v) is 14.7. The smallest absolute Gasteiger partial charge is 0.339 e. The number of methoxy groups -OCH3 is 1. The number of halogens is 1. The van der Waals surface area contributed by atoms with Crippen molar-refractivity contribution in [3.8, 4) is 11.5 Å². The maximum atomic E-state index is 14.2. The van der Waals surface area contributed by atoms with Gasteiger partial charge in [-0.25, -0.2) is 4.39 Å². The van der Waals surface area contributed by atoms with E-state index in [4.69, 9.17) is 8.92 Å². The van der Waals surface area contributed by atoms with Crippen molar-refractivity contribution < 1.29 is 26.5 Å². The van der Waals surface area contributed by atoms with Crippen LogP contribution in [-0.4, -0.2) is 32.4 Å². The van der Waals surface area contributed by atoms with E-state index in [0.29, 0.717) is 24.3 Å². The van der Waals surface area contributed by atoms with E-state index in [-0.39, 0.29) is 33.8 Å². The molecule has 6 rings (SSSR count). The highest BCUT2D eigenvalue weighted by Crippen LogP contribution is 2.60. The third kappa shape index (κ3) is 5.09. The van der Waals surface area contributed by atoms with Crippen LogP contribution >= 0.6 is 0 Å². The van der Waals surface area contributed by atoms with Crippen molar-refractivity contribution in [3.05, 3.63) is 53.8 Å². The van der Waals surface area contributed by atoms with Gasteiger partial charge in [0, 0.05) is 12.6 Å². The highest BCUT2D eigenvalue weighted by molar-refractivity contribution is 7.87. The van der Waals surface area contributed by atoms with E-state index < -0.39 is 15.9 Å². The summed E-state index contributed by atoms with van der Waals surface area (Å²) >= 11 is 0. The van der Waals surface area contributed by atoms with Crippen LogP contribution in [0.2, 0.25) is 0 Å². The molecule has 0 heterocycles. The van der Waals surface area contributed by atoms with Crippen molar-refractivity contribution in [1.82, 2.24) is 4.90 Å². The third-order valence-corrected chi connectivity index (χ3v) is 10.0. The lowest BCUT2D eigenvalue weighted by Crippen LogP contribution is -2.55. The van der Waals surface area contributed by atoms with E-state index in [0.717, 1.165) is 55.5 Å². The second-order valence-corrected chi connectivity index (χ2v) is 12.9. The zero-order valence-corrected chi connectivity index (χ0v) is 22.6. The monoisotopic (exact) mass is 529 g/mol. The normalized spacial score (nSPS) is 27.1. The number of nitrogens with zero attached hydrogens (tertiary/aromatic N) is 1. The molecule has 0 aromatic heterocycles. The molecule has 4 fully saturated rings. The van der Waals surface area contributed by atoms with Gasteiger partial charge in [0.15, 0.2) is 11.5 Å². The molecule has 0 spiro atoms. The summed E-state index contributed by atoms with van der Waals surface area (Å²) in [6.07, 6.45) is 7.65. The van der Waals surface area contributed by atoms with Gasteiger partial charge in [-0.1, -0.05) is 13.0 Å². The standard InChI is InChI=1S/C29H36FNO5S/c1-4-19(2)31(28(32)29-15-21-11-22(16-29)13-23(12-21)17-29)18-20-5-10-26(35-3)27(14-20)36-37(33,34)25-8-6-24(30)7-9-25/h5-10,14,19,21-23H,4,11-13,15-18H2,1-3H3/t19-,21?,22?,23?,29?/m1/s1. The number of carbonyl (C=O) groups is 1. The molecule has 0 saturated heterocycles. The van der Waals surface area contributed by atoms with Crippen LogP contribution < -0.4 is 8.92 Å². The summed E-state index contributed by atoms with van der Waals surface area (Å²) < 4.78 is 49.8. The fourth-order valence-corrected chi connectivity index (χ4v) is 8.11. The number of amides is 1. The number of hydrogen-bond donors (Lipinski definition) is 0. The molecule has 4 bridgehead atoms. The van der Waals surface area contributed by atoms with Crippen molar-refractivity contribution >= 4 is 16.0 Å². The van der Waals surface area contributed by atoms with Crippen molar-refractivity contribution in [3.63, 3.8) is 0 Å². The molecule has 1 atom stereocenters. The molecule has 37 heavy (non-hydrogen) atoms. The van der Waals surface area contributed by atoms with Gasteiger partial charge in [-0.05, 0) is 112 Å². The SMILES string of the molecule is CC[C@@H](C)N(Cc1ccc(OC)c(OS(=O)(=O)c2ccc(F)cc2)c1)C(=O)C12CC3CC(CC(C3)C1)C2. The average molecular weight is 530 g/mol. The van der Waals surface area contributed by atoms with Gasteiger partial charge in [-0.3, -0.25) is 4.79 Å². The minimum atomic E-state index is -4.20. The van der Waals surface area contributed by atoms with Crippen molar-refractivity contribution in [2.45, 2.75) is 76.3 Å². The molecule has 4 aliphatic carbocycles. The fourth-order valence-electron chi connectivity index (χ4n) is 7.17. The first kappa shape index (κ1) is 26.0. The zero-order valence-electron chi connectivity index (χ0n) is 21.8. The Morgan fingerprint density at radius 3 is 2.16 bits per heavy atom. The average Bonchev–Trinajstić information content (AvgIpc) is 2.86. The second-order valence-electron chi connectivity index (χ2n) is 11.4. The Balaban J connectivity index is 1.41. The Morgan fingerprint density at radius 2 is 1.62 bits per heavy atom. The predicted octanol–water partition coefficient (Wildman–Crippen LogP) is 5.95. The first-order chi connectivity index (χ1) is 17.6. The van der Waals surface area contributed by atoms with Gasteiger partial charge in [0.05, 0.1) is 12.5 Å². The van der Waals surface area contributed by atoms with E-state index in [9.17, 15) is 17.6 Å². The van der Waals surface area contributed by atoms with Gasteiger partial charge < -0.3 is 13.8 Å². The van der Waals surface area contributed by atoms with Crippen LogP contribution in [0.5, 0.6) is 11.5 Å². The zero-order chi connectivity index (χ0) is 26.4. The van der Waals surface area contributed by atoms with E-state index in [2.05, 4.69) is 13.8 Å². The van der Waals surface area contributed by atoms with Gasteiger partial charge in [-0.2, -0.15) is 8.42 Å². The minimum absolute atomic E-state index is 0.0377. The van der Waals surface area contributed by atoms with E-state index in [1.54, 1.807) is 12.1 Å². The van der Waals surface area contributed by atoms with Crippen LogP contribution in [0, 0.1) is 29.0 Å². The Hall–Kier alpha value is -2.61. The molecular weight excluding hydrogens is 493 g/mol. The van der Waals surface area contributed by atoms with Gasteiger partial charge >= 0.3 is 10.1 Å². The Labute approximate surface area is 219 Å². The van der Waals surface area contributed by atoms with Gasteiger partial charge in [-0.15, -0.1) is 0 Å². The molecule has 2 aromatic carbocycles. The van der Waals surface area contributed by atoms with Crippen LogP contribution in [0.15, 0.2) is 47.4 Å². The number of carbonyl (C=O) groups excluding carboxylic acids is 1. The van der Waals surface area contributed by atoms with Crippen LogP contribution in [0.1, 0.15) is 64.4 Å². The Kier molecular flexibility index (Phi) is 6.98. The highest BCUT2D eigenvalue weighted by Gasteiger charge is 2.55. The maximum Gasteiger partial charge on any atom is 0.339 e. The lowest BCUT2D eigenvalue weighted by molar-refractivity contribution is -0.160. The van der Waals surface area contributed by atoms with Crippen LogP contribution in [-0.2, 0) is 21.5 Å². The van der Waals surface area contributed by atoms with Crippen LogP contribution in [0.4, 0.5) is 4.39 Å². The van der Waals surface area contributed by atoms with Crippen LogP contribution in [0.3, 0.4) is 0 Å². The Bertz CT molecular complexity index is 1220. The molecule has 0 radical (unpaired) electrons. The van der Waals surface area contributed by atoms with Gasteiger partial charge in [0.1, 0.15) is 10.7 Å². The summed E-state index contributed by atoms with van der Waals surface area (Å²) in [7, 11) is -2.76. The van der Waals surface area contributed by atoms with E-state index >= 15 is 0 Å². The van der Waals surface area contributed by atoms with Gasteiger partial charge in [0.2, 0.25) is 5.91 Å². The number of rotatable bonds is 9. The lowest BCUT2D eigenvalue weighted by atomic mass is 9.49. The Morgan fingerprint density at radius 1 is 1.03 bits per heavy atom. The highest BCUT2D eigenvalue weighted by atomic mass is 32.2. The summed E-state index contributed by atoms with van der Waals surface area (Å²) in [5.74, 6) is 2.03. The van der Waals surface area contributed by atoms with Crippen molar-refractivity contribution in [2.75, 3.05) is 7.11 Å². The fraction of sp³-hybridized carbons (Fsp3) is 0.552. The lowest BCUT2D eigenvalue weighted by Gasteiger charge is -2.57. The van der Waals surface area contributed by atoms with Crippen LogP contribution in [0.25, 0.3) is 0 Å².